The molecule has 2 aromatic carbocycles. The van der Waals surface area contributed by atoms with Crippen molar-refractivity contribution < 1.29 is 4.39 Å². The van der Waals surface area contributed by atoms with Crippen LogP contribution in [0.3, 0.4) is 0 Å². The van der Waals surface area contributed by atoms with Gasteiger partial charge in [0.2, 0.25) is 0 Å². The van der Waals surface area contributed by atoms with Crippen molar-refractivity contribution in [2.75, 3.05) is 0 Å². The average Bonchev–Trinajstić information content (AvgIpc) is 2.50. The first kappa shape index (κ1) is 19.1. The van der Waals surface area contributed by atoms with Gasteiger partial charge in [0.1, 0.15) is 5.82 Å². The van der Waals surface area contributed by atoms with E-state index in [4.69, 9.17) is 0 Å². The van der Waals surface area contributed by atoms with Crippen molar-refractivity contribution in [3.05, 3.63) is 83.7 Å². The summed E-state index contributed by atoms with van der Waals surface area (Å²) in [5.74, 6) is -0.171. The van der Waals surface area contributed by atoms with Crippen LogP contribution in [0.1, 0.15) is 37.8 Å². The maximum absolute atomic E-state index is 12.1. The minimum atomic E-state index is -0.171. The Labute approximate surface area is 129 Å². The molecule has 0 nitrogen and oxygen atoms in total. The molecule has 114 valence electrons. The van der Waals surface area contributed by atoms with E-state index in [-0.39, 0.29) is 5.82 Å². The molecule has 0 radical (unpaired) electrons. The van der Waals surface area contributed by atoms with Gasteiger partial charge in [-0.05, 0) is 38.8 Å². The van der Waals surface area contributed by atoms with Crippen LogP contribution in [-0.2, 0) is 0 Å². The Morgan fingerprint density at radius 3 is 1.43 bits per heavy atom. The van der Waals surface area contributed by atoms with Crippen LogP contribution >= 0.6 is 0 Å². The molecule has 0 unspecified atom stereocenters. The monoisotopic (exact) mass is 286 g/mol. The maximum atomic E-state index is 12.1. The summed E-state index contributed by atoms with van der Waals surface area (Å²) in [6.07, 6.45) is 6.71. The molecule has 0 atom stereocenters. The quantitative estimate of drug-likeness (QED) is 0.553. The first-order valence-electron chi connectivity index (χ1n) is 7.49. The van der Waals surface area contributed by atoms with Gasteiger partial charge in [0.25, 0.3) is 0 Å². The minimum Gasteiger partial charge on any atom is -0.207 e. The van der Waals surface area contributed by atoms with E-state index in [9.17, 15) is 4.39 Å². The van der Waals surface area contributed by atoms with Crippen LogP contribution in [-0.4, -0.2) is 0 Å². The van der Waals surface area contributed by atoms with Crippen LogP contribution in [0.2, 0.25) is 0 Å². The Morgan fingerprint density at radius 2 is 1.14 bits per heavy atom. The van der Waals surface area contributed by atoms with Crippen molar-refractivity contribution in [2.45, 2.75) is 40.5 Å². The predicted octanol–water partition coefficient (Wildman–Crippen LogP) is 6.49. The van der Waals surface area contributed by atoms with Crippen molar-refractivity contribution in [3.8, 4) is 0 Å². The summed E-state index contributed by atoms with van der Waals surface area (Å²) in [6.45, 7) is 8.30. The lowest BCUT2D eigenvalue weighted by atomic mass is 10.2. The van der Waals surface area contributed by atoms with E-state index in [1.165, 1.54) is 30.5 Å². The van der Waals surface area contributed by atoms with Gasteiger partial charge < -0.3 is 0 Å². The first-order valence-corrected chi connectivity index (χ1v) is 7.49. The lowest BCUT2D eigenvalue weighted by Crippen LogP contribution is -1.71. The molecule has 0 spiro atoms. The van der Waals surface area contributed by atoms with Crippen molar-refractivity contribution in [1.29, 1.82) is 0 Å². The highest BCUT2D eigenvalue weighted by Gasteiger charge is 1.83. The molecular weight excluding hydrogens is 259 g/mol. The number of allylic oxidation sites excluding steroid dienone is 2. The van der Waals surface area contributed by atoms with Gasteiger partial charge in [-0.1, -0.05) is 79.6 Å². The van der Waals surface area contributed by atoms with Crippen LogP contribution in [0.15, 0.2) is 66.7 Å². The van der Waals surface area contributed by atoms with Gasteiger partial charge in [-0.2, -0.15) is 0 Å². The molecule has 0 N–H and O–H groups in total. The highest BCUT2D eigenvalue weighted by molar-refractivity contribution is 5.13. The normalized spacial score (nSPS) is 9.38. The maximum Gasteiger partial charge on any atom is 0.123 e. The van der Waals surface area contributed by atoms with Crippen molar-refractivity contribution in [3.63, 3.8) is 0 Å². The smallest absolute Gasteiger partial charge is 0.123 e. The minimum absolute atomic E-state index is 0.171. The zero-order valence-corrected chi connectivity index (χ0v) is 13.6. The van der Waals surface area contributed by atoms with Crippen LogP contribution < -0.4 is 0 Å². The fraction of sp³-hybridized carbons (Fsp3) is 0.300. The van der Waals surface area contributed by atoms with E-state index in [2.05, 4.69) is 45.1 Å². The molecule has 2 rings (SSSR count). The van der Waals surface area contributed by atoms with E-state index in [1.807, 2.05) is 25.1 Å². The molecule has 0 saturated carbocycles. The van der Waals surface area contributed by atoms with Crippen LogP contribution in [0.5, 0.6) is 0 Å². The Kier molecular flexibility index (Phi) is 11.9. The SMILES string of the molecule is CC/C=C\CC.Cc1ccc(F)cc1.Cc1ccccc1. The Morgan fingerprint density at radius 1 is 0.714 bits per heavy atom. The number of hydrogen-bond acceptors (Lipinski definition) is 0. The molecule has 0 aliphatic rings. The Hall–Kier alpha value is -1.89. The molecule has 0 saturated heterocycles. The molecule has 0 aliphatic heterocycles. The standard InChI is InChI=1S/C7H7F.C7H8.C6H12/c1-6-2-4-7(8)5-3-6;1-7-5-3-2-4-6-7;1-3-5-6-4-2/h2-5H,1H3;2-6H,1H3;5-6H,3-4H2,1-2H3/b;;6-5-. The second kappa shape index (κ2) is 13.1. The molecule has 1 heteroatoms. The Bertz CT molecular complexity index is 442. The highest BCUT2D eigenvalue weighted by Crippen LogP contribution is 1.99. The molecule has 0 aliphatic carbocycles. The molecule has 2 aromatic rings. The summed E-state index contributed by atoms with van der Waals surface area (Å²) in [5.41, 5.74) is 2.41. The van der Waals surface area contributed by atoms with Crippen molar-refractivity contribution in [2.24, 2.45) is 0 Å². The second-order valence-electron chi connectivity index (χ2n) is 4.74. The van der Waals surface area contributed by atoms with Crippen molar-refractivity contribution in [1.82, 2.24) is 0 Å². The predicted molar refractivity (Wildman–Crippen MR) is 92.0 cm³/mol. The van der Waals surface area contributed by atoms with Gasteiger partial charge in [-0.3, -0.25) is 0 Å². The van der Waals surface area contributed by atoms with Crippen molar-refractivity contribution >= 4 is 0 Å². The highest BCUT2D eigenvalue weighted by atomic mass is 19.1. The lowest BCUT2D eigenvalue weighted by Gasteiger charge is -1.87. The van der Waals surface area contributed by atoms with Crippen LogP contribution in [0, 0.1) is 19.7 Å². The van der Waals surface area contributed by atoms with E-state index >= 15 is 0 Å². The molecule has 0 amide bonds. The van der Waals surface area contributed by atoms with E-state index in [0.717, 1.165) is 5.56 Å². The summed E-state index contributed by atoms with van der Waals surface area (Å²) in [6, 6.07) is 16.7. The summed E-state index contributed by atoms with van der Waals surface area (Å²) >= 11 is 0. The van der Waals surface area contributed by atoms with Gasteiger partial charge in [0.15, 0.2) is 0 Å². The van der Waals surface area contributed by atoms with Gasteiger partial charge in [0.05, 0.1) is 0 Å². The third kappa shape index (κ3) is 12.9. The molecule has 0 bridgehead atoms. The number of hydrogen-bond donors (Lipinski definition) is 0. The zero-order chi connectivity index (χ0) is 15.9. The van der Waals surface area contributed by atoms with Gasteiger partial charge >= 0.3 is 0 Å². The van der Waals surface area contributed by atoms with Gasteiger partial charge in [-0.15, -0.1) is 0 Å². The number of halogens is 1. The van der Waals surface area contributed by atoms with E-state index < -0.39 is 0 Å². The Balaban J connectivity index is 0.000000290. The second-order valence-corrected chi connectivity index (χ2v) is 4.74. The van der Waals surface area contributed by atoms with E-state index in [0.29, 0.717) is 0 Å². The number of aryl methyl sites for hydroxylation is 2. The molecule has 0 fully saturated rings. The largest absolute Gasteiger partial charge is 0.207 e. The zero-order valence-electron chi connectivity index (χ0n) is 13.6. The summed E-state index contributed by atoms with van der Waals surface area (Å²) in [4.78, 5) is 0. The van der Waals surface area contributed by atoms with Gasteiger partial charge in [-0.25, -0.2) is 4.39 Å². The van der Waals surface area contributed by atoms with E-state index in [1.54, 1.807) is 12.1 Å². The lowest BCUT2D eigenvalue weighted by molar-refractivity contribution is 0.627. The first-order chi connectivity index (χ1) is 10.1. The molecular formula is C20H27F. The fourth-order valence-electron chi connectivity index (χ4n) is 1.40. The summed E-state index contributed by atoms with van der Waals surface area (Å²) < 4.78 is 12.1. The summed E-state index contributed by atoms with van der Waals surface area (Å²) in [5, 5.41) is 0. The third-order valence-corrected chi connectivity index (χ3v) is 2.59. The topological polar surface area (TPSA) is 0 Å². The number of benzene rings is 2. The third-order valence-electron chi connectivity index (χ3n) is 2.59. The number of rotatable bonds is 2. The molecule has 0 aromatic heterocycles. The van der Waals surface area contributed by atoms with Crippen LogP contribution in [0.25, 0.3) is 0 Å². The van der Waals surface area contributed by atoms with Crippen LogP contribution in [0.4, 0.5) is 4.39 Å². The molecule has 0 heterocycles. The average molecular weight is 286 g/mol. The summed E-state index contributed by atoms with van der Waals surface area (Å²) in [7, 11) is 0. The fourth-order valence-corrected chi connectivity index (χ4v) is 1.40. The van der Waals surface area contributed by atoms with Gasteiger partial charge in [0, 0.05) is 0 Å². The molecule has 21 heavy (non-hydrogen) atoms.